The van der Waals surface area contributed by atoms with Crippen molar-refractivity contribution >= 4 is 28.4 Å². The molecule has 0 unspecified atom stereocenters. The molecule has 2 aromatic heterocycles. The second-order valence-electron chi connectivity index (χ2n) is 5.84. The monoisotopic (exact) mass is 321 g/mol. The lowest BCUT2D eigenvalue weighted by atomic mass is 10.2. The van der Waals surface area contributed by atoms with Crippen molar-refractivity contribution in [2.75, 3.05) is 36.4 Å². The van der Waals surface area contributed by atoms with Gasteiger partial charge in [0.1, 0.15) is 5.82 Å². The minimum atomic E-state index is -0.0552. The average Bonchev–Trinajstić information content (AvgIpc) is 3.06. The van der Waals surface area contributed by atoms with Crippen molar-refractivity contribution in [3.8, 4) is 0 Å². The third kappa shape index (κ3) is 2.78. The van der Waals surface area contributed by atoms with Crippen molar-refractivity contribution < 1.29 is 4.79 Å². The number of rotatable bonds is 2. The maximum absolute atomic E-state index is 12.5. The zero-order valence-electron chi connectivity index (χ0n) is 13.3. The van der Waals surface area contributed by atoms with Crippen molar-refractivity contribution in [1.29, 1.82) is 0 Å². The first-order valence-corrected chi connectivity index (χ1v) is 8.09. The van der Waals surface area contributed by atoms with Crippen LogP contribution < -0.4 is 10.2 Å². The predicted octanol–water partition coefficient (Wildman–Crippen LogP) is 2.92. The number of carbonyl (C=O) groups is 1. The zero-order valence-corrected chi connectivity index (χ0v) is 13.3. The van der Waals surface area contributed by atoms with Crippen molar-refractivity contribution in [3.63, 3.8) is 0 Å². The van der Waals surface area contributed by atoms with Crippen LogP contribution in [0.4, 0.5) is 16.3 Å². The lowest BCUT2D eigenvalue weighted by Gasteiger charge is -2.35. The highest BCUT2D eigenvalue weighted by molar-refractivity contribution is 6.01. The number of anilines is 2. The number of aromatic nitrogens is 2. The number of benzene rings is 1. The van der Waals surface area contributed by atoms with Crippen molar-refractivity contribution in [2.24, 2.45) is 0 Å². The molecule has 1 aliphatic rings. The number of piperazine rings is 1. The Kier molecular flexibility index (Phi) is 3.78. The molecule has 2 amide bonds. The number of pyridine rings is 1. The van der Waals surface area contributed by atoms with Gasteiger partial charge in [0.15, 0.2) is 0 Å². The lowest BCUT2D eigenvalue weighted by molar-refractivity contribution is 0.208. The Morgan fingerprint density at radius 1 is 1.04 bits per heavy atom. The molecule has 6 heteroatoms. The van der Waals surface area contributed by atoms with Gasteiger partial charge in [-0.1, -0.05) is 24.3 Å². The van der Waals surface area contributed by atoms with E-state index in [4.69, 9.17) is 0 Å². The second-order valence-corrected chi connectivity index (χ2v) is 5.84. The van der Waals surface area contributed by atoms with Crippen molar-refractivity contribution in [1.82, 2.24) is 14.9 Å². The Bertz CT molecular complexity index is 837. The molecule has 0 radical (unpaired) electrons. The summed E-state index contributed by atoms with van der Waals surface area (Å²) in [6, 6.07) is 13.8. The highest BCUT2D eigenvalue weighted by Gasteiger charge is 2.22. The average molecular weight is 321 g/mol. The molecule has 4 rings (SSSR count). The summed E-state index contributed by atoms with van der Waals surface area (Å²) in [5.41, 5.74) is 1.84. The van der Waals surface area contributed by atoms with Crippen LogP contribution in [-0.2, 0) is 0 Å². The fourth-order valence-corrected chi connectivity index (χ4v) is 3.05. The number of carbonyl (C=O) groups excluding carboxylic acids is 1. The molecular weight excluding hydrogens is 302 g/mol. The van der Waals surface area contributed by atoms with Gasteiger partial charge in [-0.25, -0.2) is 9.78 Å². The van der Waals surface area contributed by atoms with Gasteiger partial charge >= 0.3 is 6.03 Å². The minimum Gasteiger partial charge on any atom is -0.359 e. The topological polar surface area (TPSA) is 64.3 Å². The number of nitrogens with one attached hydrogen (secondary N) is 2. The molecule has 0 bridgehead atoms. The lowest BCUT2D eigenvalue weighted by Crippen LogP contribution is -2.50. The quantitative estimate of drug-likeness (QED) is 0.763. The Balaban J connectivity index is 1.40. The smallest absolute Gasteiger partial charge is 0.322 e. The van der Waals surface area contributed by atoms with Gasteiger partial charge in [-0.3, -0.25) is 0 Å². The summed E-state index contributed by atoms with van der Waals surface area (Å²) in [6.45, 7) is 2.95. The molecule has 122 valence electrons. The van der Waals surface area contributed by atoms with Crippen LogP contribution in [0.15, 0.2) is 54.9 Å². The molecule has 2 N–H and O–H groups in total. The summed E-state index contributed by atoms with van der Waals surface area (Å²) >= 11 is 0. The van der Waals surface area contributed by atoms with E-state index in [0.29, 0.717) is 13.1 Å². The molecule has 3 heterocycles. The van der Waals surface area contributed by atoms with Gasteiger partial charge < -0.3 is 20.1 Å². The van der Waals surface area contributed by atoms with E-state index in [1.807, 2.05) is 53.6 Å². The van der Waals surface area contributed by atoms with Gasteiger partial charge in [0, 0.05) is 49.5 Å². The summed E-state index contributed by atoms with van der Waals surface area (Å²) in [5.74, 6) is 0.967. The van der Waals surface area contributed by atoms with E-state index in [1.165, 1.54) is 0 Å². The van der Waals surface area contributed by atoms with Gasteiger partial charge in [0.05, 0.1) is 5.69 Å². The molecule has 0 spiro atoms. The van der Waals surface area contributed by atoms with E-state index in [2.05, 4.69) is 20.2 Å². The molecule has 0 saturated carbocycles. The Labute approximate surface area is 140 Å². The van der Waals surface area contributed by atoms with Crippen LogP contribution in [-0.4, -0.2) is 47.1 Å². The highest BCUT2D eigenvalue weighted by Crippen LogP contribution is 2.23. The molecule has 24 heavy (non-hydrogen) atoms. The number of fused-ring (bicyclic) bond motifs is 1. The Hall–Kier alpha value is -3.02. The number of nitrogens with zero attached hydrogens (tertiary/aromatic N) is 3. The summed E-state index contributed by atoms with van der Waals surface area (Å²) in [6.07, 6.45) is 3.64. The van der Waals surface area contributed by atoms with Gasteiger partial charge in [-0.2, -0.15) is 0 Å². The van der Waals surface area contributed by atoms with E-state index in [1.54, 1.807) is 6.20 Å². The largest absolute Gasteiger partial charge is 0.359 e. The first-order valence-electron chi connectivity index (χ1n) is 8.09. The number of aromatic amines is 1. The molecule has 1 aliphatic heterocycles. The number of amides is 2. The first kappa shape index (κ1) is 14.6. The maximum atomic E-state index is 12.5. The first-order chi connectivity index (χ1) is 11.8. The fraction of sp³-hybridized carbons (Fsp3) is 0.222. The van der Waals surface area contributed by atoms with E-state index >= 15 is 0 Å². The molecule has 0 atom stereocenters. The SMILES string of the molecule is O=C(Nc1c[nH]c2ccccc12)N1CCN(c2ccccn2)CC1. The number of H-pyrrole nitrogens is 1. The third-order valence-corrected chi connectivity index (χ3v) is 4.37. The summed E-state index contributed by atoms with van der Waals surface area (Å²) in [7, 11) is 0. The summed E-state index contributed by atoms with van der Waals surface area (Å²) in [4.78, 5) is 24.1. The highest BCUT2D eigenvalue weighted by atomic mass is 16.2. The fourth-order valence-electron chi connectivity index (χ4n) is 3.05. The van der Waals surface area contributed by atoms with E-state index in [9.17, 15) is 4.79 Å². The van der Waals surface area contributed by atoms with Crippen LogP contribution in [0.25, 0.3) is 10.9 Å². The van der Waals surface area contributed by atoms with Crippen LogP contribution in [0.1, 0.15) is 0 Å². The summed E-state index contributed by atoms with van der Waals surface area (Å²) < 4.78 is 0. The standard InChI is InChI=1S/C18H19N5O/c24-18(21-16-13-20-15-6-2-1-5-14(15)16)23-11-9-22(10-12-23)17-7-3-4-8-19-17/h1-8,13,20H,9-12H2,(H,21,24). The zero-order chi connectivity index (χ0) is 16.4. The van der Waals surface area contributed by atoms with Crippen LogP contribution in [0.2, 0.25) is 0 Å². The number of hydrogen-bond acceptors (Lipinski definition) is 3. The minimum absolute atomic E-state index is 0.0552. The number of urea groups is 1. The third-order valence-electron chi connectivity index (χ3n) is 4.37. The van der Waals surface area contributed by atoms with Crippen LogP contribution in [0, 0.1) is 0 Å². The Morgan fingerprint density at radius 2 is 1.83 bits per heavy atom. The molecule has 6 nitrogen and oxygen atoms in total. The molecule has 1 aromatic carbocycles. The molecule has 3 aromatic rings. The Morgan fingerprint density at radius 3 is 2.62 bits per heavy atom. The van der Waals surface area contributed by atoms with Gasteiger partial charge in [-0.05, 0) is 18.2 Å². The van der Waals surface area contributed by atoms with Crippen molar-refractivity contribution in [3.05, 3.63) is 54.9 Å². The maximum Gasteiger partial charge on any atom is 0.322 e. The molecule has 0 aliphatic carbocycles. The van der Waals surface area contributed by atoms with Crippen LogP contribution in [0.3, 0.4) is 0 Å². The molecule has 1 fully saturated rings. The molecular formula is C18H19N5O. The van der Waals surface area contributed by atoms with E-state index in [-0.39, 0.29) is 6.03 Å². The van der Waals surface area contributed by atoms with Crippen LogP contribution in [0.5, 0.6) is 0 Å². The normalized spacial score (nSPS) is 14.8. The summed E-state index contributed by atoms with van der Waals surface area (Å²) in [5, 5.41) is 4.04. The van der Waals surface area contributed by atoms with Crippen molar-refractivity contribution in [2.45, 2.75) is 0 Å². The number of para-hydroxylation sites is 1. The van der Waals surface area contributed by atoms with Crippen LogP contribution >= 0.6 is 0 Å². The van der Waals surface area contributed by atoms with Gasteiger partial charge in [0.25, 0.3) is 0 Å². The van der Waals surface area contributed by atoms with Gasteiger partial charge in [0.2, 0.25) is 0 Å². The van der Waals surface area contributed by atoms with Gasteiger partial charge in [-0.15, -0.1) is 0 Å². The number of hydrogen-bond donors (Lipinski definition) is 2. The second kappa shape index (κ2) is 6.23. The van der Waals surface area contributed by atoms with E-state index < -0.39 is 0 Å². The molecule has 1 saturated heterocycles. The van der Waals surface area contributed by atoms with E-state index in [0.717, 1.165) is 35.5 Å². The predicted molar refractivity (Wildman–Crippen MR) is 95.3 cm³/mol.